The van der Waals surface area contributed by atoms with Gasteiger partial charge in [-0.25, -0.2) is 0 Å². The predicted molar refractivity (Wildman–Crippen MR) is 65.7 cm³/mol. The highest BCUT2D eigenvalue weighted by molar-refractivity contribution is 5.29. The van der Waals surface area contributed by atoms with Crippen LogP contribution in [-0.2, 0) is 14.9 Å². The standard InChI is InChI=1S/C10H14O.C3H8O2/c1-10(2,3)8-4-6-9(11)7-5-8;1-4-3-5-2/h4-7,11H,1-3H3;3H2,1-2H3. The predicted octanol–water partition coefficient (Wildman–Crippen LogP) is 2.93. The van der Waals surface area contributed by atoms with Crippen molar-refractivity contribution in [3.8, 4) is 5.75 Å². The molecular formula is C13H22O3. The number of phenols is 1. The average molecular weight is 226 g/mol. The monoisotopic (exact) mass is 226 g/mol. The number of rotatable bonds is 2. The number of hydrogen-bond acceptors (Lipinski definition) is 3. The second-order valence-electron chi connectivity index (χ2n) is 4.49. The molecule has 1 aromatic carbocycles. The summed E-state index contributed by atoms with van der Waals surface area (Å²) in [5.74, 6) is 0.331. The Morgan fingerprint density at radius 2 is 1.44 bits per heavy atom. The highest BCUT2D eigenvalue weighted by Gasteiger charge is 2.12. The zero-order valence-corrected chi connectivity index (χ0v) is 10.8. The molecule has 0 unspecified atom stereocenters. The zero-order valence-electron chi connectivity index (χ0n) is 10.8. The SMILES string of the molecule is CC(C)(C)c1ccc(O)cc1.COCOC. The molecule has 0 amide bonds. The first-order valence-electron chi connectivity index (χ1n) is 5.19. The molecule has 92 valence electrons. The molecule has 0 aliphatic heterocycles. The first-order chi connectivity index (χ1) is 7.41. The number of benzene rings is 1. The molecule has 3 heteroatoms. The number of methoxy groups -OCH3 is 2. The first kappa shape index (κ1) is 14.9. The molecular weight excluding hydrogens is 204 g/mol. The van der Waals surface area contributed by atoms with Gasteiger partial charge in [0.2, 0.25) is 0 Å². The summed E-state index contributed by atoms with van der Waals surface area (Å²) < 4.78 is 8.94. The minimum absolute atomic E-state index is 0.174. The Hall–Kier alpha value is -1.06. The van der Waals surface area contributed by atoms with Crippen molar-refractivity contribution < 1.29 is 14.6 Å². The molecule has 0 bridgehead atoms. The molecule has 1 aromatic rings. The topological polar surface area (TPSA) is 38.7 Å². The van der Waals surface area contributed by atoms with Gasteiger partial charge in [-0.05, 0) is 23.1 Å². The zero-order chi connectivity index (χ0) is 12.6. The molecule has 0 saturated carbocycles. The van der Waals surface area contributed by atoms with E-state index in [2.05, 4.69) is 30.2 Å². The van der Waals surface area contributed by atoms with Crippen LogP contribution in [0.1, 0.15) is 26.3 Å². The molecule has 0 spiro atoms. The van der Waals surface area contributed by atoms with Gasteiger partial charge < -0.3 is 14.6 Å². The summed E-state index contributed by atoms with van der Waals surface area (Å²) in [5, 5.41) is 9.02. The van der Waals surface area contributed by atoms with Gasteiger partial charge in [0, 0.05) is 14.2 Å². The van der Waals surface area contributed by atoms with E-state index in [4.69, 9.17) is 5.11 Å². The van der Waals surface area contributed by atoms with Gasteiger partial charge in [0.05, 0.1) is 0 Å². The van der Waals surface area contributed by atoms with E-state index in [9.17, 15) is 0 Å². The largest absolute Gasteiger partial charge is 0.508 e. The van der Waals surface area contributed by atoms with Gasteiger partial charge in [-0.15, -0.1) is 0 Å². The molecule has 0 aliphatic carbocycles. The van der Waals surface area contributed by atoms with Crippen molar-refractivity contribution in [3.63, 3.8) is 0 Å². The molecule has 1 N–H and O–H groups in total. The van der Waals surface area contributed by atoms with E-state index in [1.54, 1.807) is 26.4 Å². The van der Waals surface area contributed by atoms with E-state index in [0.717, 1.165) is 0 Å². The second-order valence-corrected chi connectivity index (χ2v) is 4.49. The van der Waals surface area contributed by atoms with E-state index in [-0.39, 0.29) is 5.41 Å². The molecule has 0 aliphatic rings. The van der Waals surface area contributed by atoms with Crippen molar-refractivity contribution in [1.29, 1.82) is 0 Å². The molecule has 0 heterocycles. The maximum atomic E-state index is 9.02. The Bertz CT molecular complexity index is 270. The van der Waals surface area contributed by atoms with Crippen molar-refractivity contribution in [2.75, 3.05) is 21.0 Å². The van der Waals surface area contributed by atoms with Crippen molar-refractivity contribution >= 4 is 0 Å². The van der Waals surface area contributed by atoms with Crippen molar-refractivity contribution in [1.82, 2.24) is 0 Å². The van der Waals surface area contributed by atoms with Crippen LogP contribution in [0.4, 0.5) is 0 Å². The fraction of sp³-hybridized carbons (Fsp3) is 0.538. The van der Waals surface area contributed by atoms with Crippen molar-refractivity contribution in [2.24, 2.45) is 0 Å². The van der Waals surface area contributed by atoms with Crippen LogP contribution in [0.15, 0.2) is 24.3 Å². The van der Waals surface area contributed by atoms with Crippen LogP contribution < -0.4 is 0 Å². The Kier molecular flexibility index (Phi) is 6.77. The molecule has 1 rings (SSSR count). The van der Waals surface area contributed by atoms with Crippen LogP contribution >= 0.6 is 0 Å². The first-order valence-corrected chi connectivity index (χ1v) is 5.19. The number of hydrogen-bond donors (Lipinski definition) is 1. The van der Waals surface area contributed by atoms with Gasteiger partial charge in [-0.2, -0.15) is 0 Å². The van der Waals surface area contributed by atoms with E-state index in [1.807, 2.05) is 12.1 Å². The smallest absolute Gasteiger partial charge is 0.145 e. The number of phenolic OH excluding ortho intramolecular Hbond substituents is 1. The van der Waals surface area contributed by atoms with Crippen LogP contribution in [0.25, 0.3) is 0 Å². The molecule has 0 saturated heterocycles. The molecule has 0 atom stereocenters. The second kappa shape index (κ2) is 7.25. The number of ether oxygens (including phenoxy) is 2. The van der Waals surface area contributed by atoms with Gasteiger partial charge in [0.25, 0.3) is 0 Å². The van der Waals surface area contributed by atoms with Gasteiger partial charge in [0.1, 0.15) is 12.5 Å². The van der Waals surface area contributed by atoms with Gasteiger partial charge in [-0.1, -0.05) is 32.9 Å². The summed E-state index contributed by atoms with van der Waals surface area (Å²) in [6, 6.07) is 7.35. The summed E-state index contributed by atoms with van der Waals surface area (Å²) in [4.78, 5) is 0. The van der Waals surface area contributed by atoms with Gasteiger partial charge in [0.15, 0.2) is 0 Å². The quantitative estimate of drug-likeness (QED) is 0.788. The lowest BCUT2D eigenvalue weighted by molar-refractivity contribution is -0.00271. The van der Waals surface area contributed by atoms with Crippen LogP contribution in [-0.4, -0.2) is 26.1 Å². The lowest BCUT2D eigenvalue weighted by Gasteiger charge is -2.18. The molecule has 0 aromatic heterocycles. The third-order valence-electron chi connectivity index (χ3n) is 1.97. The summed E-state index contributed by atoms with van der Waals surface area (Å²) in [6.45, 7) is 6.85. The minimum Gasteiger partial charge on any atom is -0.508 e. The Morgan fingerprint density at radius 1 is 1.00 bits per heavy atom. The summed E-state index contributed by atoms with van der Waals surface area (Å²) >= 11 is 0. The summed E-state index contributed by atoms with van der Waals surface area (Å²) in [7, 11) is 3.17. The fourth-order valence-electron chi connectivity index (χ4n) is 1.08. The van der Waals surface area contributed by atoms with Gasteiger partial charge in [-0.3, -0.25) is 0 Å². The lowest BCUT2D eigenvalue weighted by Crippen LogP contribution is -2.10. The van der Waals surface area contributed by atoms with Crippen molar-refractivity contribution in [2.45, 2.75) is 26.2 Å². The fourth-order valence-corrected chi connectivity index (χ4v) is 1.08. The van der Waals surface area contributed by atoms with Crippen LogP contribution in [0.3, 0.4) is 0 Å². The maximum Gasteiger partial charge on any atom is 0.145 e. The van der Waals surface area contributed by atoms with Crippen molar-refractivity contribution in [3.05, 3.63) is 29.8 Å². The summed E-state index contributed by atoms with van der Waals surface area (Å²) in [6.07, 6.45) is 0. The molecule has 3 nitrogen and oxygen atoms in total. The normalized spacial score (nSPS) is 10.6. The minimum atomic E-state index is 0.174. The van der Waals surface area contributed by atoms with E-state index in [1.165, 1.54) is 5.56 Å². The highest BCUT2D eigenvalue weighted by Crippen LogP contribution is 2.23. The Balaban J connectivity index is 0.000000385. The third-order valence-corrected chi connectivity index (χ3v) is 1.97. The molecule has 0 radical (unpaired) electrons. The van der Waals surface area contributed by atoms with Gasteiger partial charge >= 0.3 is 0 Å². The third kappa shape index (κ3) is 6.43. The molecule has 16 heavy (non-hydrogen) atoms. The van der Waals surface area contributed by atoms with Crippen LogP contribution in [0.2, 0.25) is 0 Å². The molecule has 0 fully saturated rings. The highest BCUT2D eigenvalue weighted by atomic mass is 16.6. The Labute approximate surface area is 98.0 Å². The number of aromatic hydroxyl groups is 1. The van der Waals surface area contributed by atoms with Crippen LogP contribution in [0.5, 0.6) is 5.75 Å². The Morgan fingerprint density at radius 3 is 1.69 bits per heavy atom. The summed E-state index contributed by atoms with van der Waals surface area (Å²) in [5.41, 5.74) is 1.42. The van der Waals surface area contributed by atoms with Crippen LogP contribution in [0, 0.1) is 0 Å². The average Bonchev–Trinajstić information content (AvgIpc) is 2.19. The van der Waals surface area contributed by atoms with E-state index < -0.39 is 0 Å². The lowest BCUT2D eigenvalue weighted by atomic mass is 9.87. The van der Waals surface area contributed by atoms with E-state index in [0.29, 0.717) is 12.5 Å². The maximum absolute atomic E-state index is 9.02. The van der Waals surface area contributed by atoms with E-state index >= 15 is 0 Å².